The van der Waals surface area contributed by atoms with Gasteiger partial charge in [-0.05, 0) is 57.0 Å². The number of ether oxygens (including phenoxy) is 1. The van der Waals surface area contributed by atoms with Crippen molar-refractivity contribution in [1.82, 2.24) is 29.5 Å². The van der Waals surface area contributed by atoms with Crippen molar-refractivity contribution in [3.8, 4) is 17.4 Å². The lowest BCUT2D eigenvalue weighted by Crippen LogP contribution is -2.31. The summed E-state index contributed by atoms with van der Waals surface area (Å²) in [6.45, 7) is 7.45. The summed E-state index contributed by atoms with van der Waals surface area (Å²) < 4.78 is 8.76. The number of para-hydroxylation sites is 1. The molecule has 36 heavy (non-hydrogen) atoms. The van der Waals surface area contributed by atoms with Crippen molar-refractivity contribution in [1.29, 1.82) is 0 Å². The molecule has 0 fully saturated rings. The number of amides is 1. The van der Waals surface area contributed by atoms with Gasteiger partial charge in [-0.2, -0.15) is 19.9 Å². The fraction of sp³-hybridized carbons (Fsp3) is 0.192. The number of rotatable bonds is 6. The van der Waals surface area contributed by atoms with Gasteiger partial charge < -0.3 is 10.1 Å². The van der Waals surface area contributed by atoms with E-state index in [9.17, 15) is 9.59 Å². The van der Waals surface area contributed by atoms with Crippen LogP contribution in [-0.2, 0) is 4.79 Å². The molecule has 0 spiro atoms. The van der Waals surface area contributed by atoms with Gasteiger partial charge in [0, 0.05) is 6.07 Å². The SMILES string of the molecule is Cc1cc(NC(=O)C(C)Oc2ccccc2)n(-c2nc3c(cnn3-c3cccc(C)c3C)c(=O)[nH]2)n1. The predicted octanol–water partition coefficient (Wildman–Crippen LogP) is 3.63. The van der Waals surface area contributed by atoms with E-state index in [1.165, 1.54) is 10.9 Å². The molecule has 5 aromatic rings. The van der Waals surface area contributed by atoms with Crippen molar-refractivity contribution in [2.75, 3.05) is 5.32 Å². The summed E-state index contributed by atoms with van der Waals surface area (Å²) in [5.74, 6) is 0.714. The molecular weight excluding hydrogens is 458 g/mol. The Labute approximate surface area is 206 Å². The van der Waals surface area contributed by atoms with Gasteiger partial charge >= 0.3 is 0 Å². The highest BCUT2D eigenvalue weighted by atomic mass is 16.5. The second-order valence-electron chi connectivity index (χ2n) is 8.55. The van der Waals surface area contributed by atoms with Crippen LogP contribution < -0.4 is 15.6 Å². The molecule has 1 atom stereocenters. The van der Waals surface area contributed by atoms with Crippen LogP contribution in [0.15, 0.2) is 65.6 Å². The van der Waals surface area contributed by atoms with Gasteiger partial charge in [0.1, 0.15) is 17.0 Å². The monoisotopic (exact) mass is 483 g/mol. The quantitative estimate of drug-likeness (QED) is 0.381. The van der Waals surface area contributed by atoms with Gasteiger partial charge in [0.25, 0.3) is 11.5 Å². The molecule has 10 heteroatoms. The Hall–Kier alpha value is -4.73. The molecule has 2 N–H and O–H groups in total. The van der Waals surface area contributed by atoms with Gasteiger partial charge in [0.15, 0.2) is 11.8 Å². The molecule has 0 saturated heterocycles. The van der Waals surface area contributed by atoms with E-state index in [4.69, 9.17) is 4.74 Å². The fourth-order valence-corrected chi connectivity index (χ4v) is 3.88. The Morgan fingerprint density at radius 2 is 1.83 bits per heavy atom. The molecule has 0 aliphatic heterocycles. The minimum Gasteiger partial charge on any atom is -0.481 e. The standard InChI is InChI=1S/C26H25N7O3/c1-15-9-8-12-21(17(15)3)32-23-20(14-27-32)25(35)30-26(29-23)33-22(13-16(2)31-33)28-24(34)18(4)36-19-10-6-5-7-11-19/h5-14,18H,1-4H3,(H,28,34)(H,29,30,35). The van der Waals surface area contributed by atoms with Crippen LogP contribution in [0.4, 0.5) is 5.82 Å². The summed E-state index contributed by atoms with van der Waals surface area (Å²) in [6.07, 6.45) is 0.725. The zero-order valence-electron chi connectivity index (χ0n) is 20.3. The zero-order valence-corrected chi connectivity index (χ0v) is 20.3. The molecule has 3 heterocycles. The Morgan fingerprint density at radius 1 is 1.06 bits per heavy atom. The normalized spacial score (nSPS) is 12.0. The van der Waals surface area contributed by atoms with E-state index in [0.29, 0.717) is 28.3 Å². The number of carbonyl (C=O) groups excluding carboxylic acids is 1. The minimum absolute atomic E-state index is 0.152. The zero-order chi connectivity index (χ0) is 25.4. The van der Waals surface area contributed by atoms with Crippen LogP contribution in [0.2, 0.25) is 0 Å². The molecule has 0 aliphatic rings. The first kappa shape index (κ1) is 23.0. The molecule has 2 aromatic carbocycles. The van der Waals surface area contributed by atoms with E-state index < -0.39 is 6.10 Å². The number of aromatic nitrogens is 6. The summed E-state index contributed by atoms with van der Waals surface area (Å²) in [7, 11) is 0. The van der Waals surface area contributed by atoms with Gasteiger partial charge in [0.05, 0.1) is 17.6 Å². The second-order valence-corrected chi connectivity index (χ2v) is 8.55. The number of aryl methyl sites for hydroxylation is 2. The topological polar surface area (TPSA) is 120 Å². The van der Waals surface area contributed by atoms with Gasteiger partial charge in [-0.15, -0.1) is 0 Å². The number of carbonyl (C=O) groups is 1. The van der Waals surface area contributed by atoms with E-state index in [1.54, 1.807) is 36.7 Å². The van der Waals surface area contributed by atoms with Gasteiger partial charge in [-0.25, -0.2) is 4.68 Å². The van der Waals surface area contributed by atoms with Crippen molar-refractivity contribution >= 4 is 22.8 Å². The Kier molecular flexibility index (Phi) is 5.85. The maximum absolute atomic E-state index is 12.9. The molecular formula is C26H25N7O3. The van der Waals surface area contributed by atoms with Crippen molar-refractivity contribution in [3.63, 3.8) is 0 Å². The highest BCUT2D eigenvalue weighted by Gasteiger charge is 2.20. The Morgan fingerprint density at radius 3 is 2.61 bits per heavy atom. The first-order valence-corrected chi connectivity index (χ1v) is 11.5. The number of nitrogens with zero attached hydrogens (tertiary/aromatic N) is 5. The third-order valence-electron chi connectivity index (χ3n) is 5.94. The van der Waals surface area contributed by atoms with Crippen LogP contribution in [0.3, 0.4) is 0 Å². The number of fused-ring (bicyclic) bond motifs is 1. The number of hydrogen-bond acceptors (Lipinski definition) is 6. The smallest absolute Gasteiger partial charge is 0.266 e. The molecule has 0 radical (unpaired) electrons. The van der Waals surface area contributed by atoms with Crippen molar-refractivity contribution in [2.45, 2.75) is 33.8 Å². The van der Waals surface area contributed by atoms with Crippen LogP contribution >= 0.6 is 0 Å². The average Bonchev–Trinajstić information content (AvgIpc) is 3.45. The Balaban J connectivity index is 1.51. The summed E-state index contributed by atoms with van der Waals surface area (Å²) in [6, 6.07) is 16.7. The Bertz CT molecular complexity index is 1630. The van der Waals surface area contributed by atoms with Gasteiger partial charge in [-0.3, -0.25) is 14.6 Å². The van der Waals surface area contributed by atoms with Crippen LogP contribution in [0.25, 0.3) is 22.7 Å². The molecule has 0 aliphatic carbocycles. The highest BCUT2D eigenvalue weighted by Crippen LogP contribution is 2.22. The third-order valence-corrected chi connectivity index (χ3v) is 5.94. The lowest BCUT2D eigenvalue weighted by atomic mass is 10.1. The largest absolute Gasteiger partial charge is 0.481 e. The van der Waals surface area contributed by atoms with E-state index >= 15 is 0 Å². The molecule has 1 unspecified atom stereocenters. The van der Waals surface area contributed by atoms with Crippen LogP contribution in [0.1, 0.15) is 23.7 Å². The summed E-state index contributed by atoms with van der Waals surface area (Å²) in [5.41, 5.74) is 3.60. The lowest BCUT2D eigenvalue weighted by Gasteiger charge is -2.15. The molecule has 182 valence electrons. The molecule has 0 bridgehead atoms. The second kappa shape index (κ2) is 9.14. The maximum Gasteiger partial charge on any atom is 0.266 e. The van der Waals surface area contributed by atoms with Crippen molar-refractivity contribution in [2.24, 2.45) is 0 Å². The third kappa shape index (κ3) is 4.24. The molecule has 5 rings (SSSR count). The van der Waals surface area contributed by atoms with Crippen LogP contribution in [-0.4, -0.2) is 41.5 Å². The van der Waals surface area contributed by atoms with Crippen LogP contribution in [0, 0.1) is 20.8 Å². The first-order valence-electron chi connectivity index (χ1n) is 11.5. The molecule has 10 nitrogen and oxygen atoms in total. The first-order chi connectivity index (χ1) is 17.3. The number of hydrogen-bond donors (Lipinski definition) is 2. The minimum atomic E-state index is -0.767. The van der Waals surface area contributed by atoms with Crippen LogP contribution in [0.5, 0.6) is 5.75 Å². The number of nitrogens with one attached hydrogen (secondary N) is 2. The molecule has 1 amide bonds. The van der Waals surface area contributed by atoms with E-state index in [0.717, 1.165) is 16.8 Å². The van der Waals surface area contributed by atoms with Gasteiger partial charge in [0.2, 0.25) is 5.95 Å². The summed E-state index contributed by atoms with van der Waals surface area (Å²) in [5, 5.41) is 12.0. The maximum atomic E-state index is 12.9. The molecule has 3 aromatic heterocycles. The van der Waals surface area contributed by atoms with E-state index in [-0.39, 0.29) is 17.4 Å². The number of benzene rings is 2. The average molecular weight is 484 g/mol. The predicted molar refractivity (Wildman–Crippen MR) is 136 cm³/mol. The number of H-pyrrole nitrogens is 1. The highest BCUT2D eigenvalue weighted by molar-refractivity contribution is 5.93. The number of aromatic amines is 1. The van der Waals surface area contributed by atoms with Crippen molar-refractivity contribution < 1.29 is 9.53 Å². The van der Waals surface area contributed by atoms with Crippen molar-refractivity contribution in [3.05, 3.63) is 88.0 Å². The fourth-order valence-electron chi connectivity index (χ4n) is 3.88. The summed E-state index contributed by atoms with van der Waals surface area (Å²) >= 11 is 0. The lowest BCUT2D eigenvalue weighted by molar-refractivity contribution is -0.122. The van der Waals surface area contributed by atoms with E-state index in [1.807, 2.05) is 50.2 Å². The van der Waals surface area contributed by atoms with Gasteiger partial charge in [-0.1, -0.05) is 30.3 Å². The summed E-state index contributed by atoms with van der Waals surface area (Å²) in [4.78, 5) is 33.2. The van der Waals surface area contributed by atoms with E-state index in [2.05, 4.69) is 25.5 Å². The molecule has 0 saturated carbocycles. The number of anilines is 1.